The average Bonchev–Trinajstić information content (AvgIpc) is 2.26. The molecule has 88 valence electrons. The van der Waals surface area contributed by atoms with Crippen LogP contribution in [0.25, 0.3) is 0 Å². The number of nitrogens with zero attached hydrogens (tertiary/aromatic N) is 1. The number of oxime groups is 1. The molecule has 0 fully saturated rings. The van der Waals surface area contributed by atoms with Crippen molar-refractivity contribution in [1.82, 2.24) is 0 Å². The van der Waals surface area contributed by atoms with Crippen molar-refractivity contribution in [3.63, 3.8) is 0 Å². The predicted molar refractivity (Wildman–Crippen MR) is 64.2 cm³/mol. The summed E-state index contributed by atoms with van der Waals surface area (Å²) in [6.07, 6.45) is -0.740. The molecule has 0 aliphatic carbocycles. The highest BCUT2D eigenvalue weighted by atomic mass is 35.5. The Bertz CT molecular complexity index is 376. The molecule has 0 aliphatic heterocycles. The lowest BCUT2D eigenvalue weighted by molar-refractivity contribution is 0.106. The third kappa shape index (κ3) is 2.78. The van der Waals surface area contributed by atoms with Gasteiger partial charge in [-0.05, 0) is 19.1 Å². The quantitative estimate of drug-likeness (QED) is 0.380. The first-order valence-corrected chi connectivity index (χ1v) is 5.40. The van der Waals surface area contributed by atoms with E-state index in [2.05, 4.69) is 5.16 Å². The van der Waals surface area contributed by atoms with Gasteiger partial charge in [-0.15, -0.1) is 0 Å². The summed E-state index contributed by atoms with van der Waals surface area (Å²) in [5.74, 6) is -0.0862. The van der Waals surface area contributed by atoms with Crippen molar-refractivity contribution >= 4 is 29.0 Å². The van der Waals surface area contributed by atoms with Crippen LogP contribution in [0.5, 0.6) is 0 Å². The molecule has 3 N–H and O–H groups in total. The van der Waals surface area contributed by atoms with Crippen molar-refractivity contribution in [2.45, 2.75) is 13.0 Å². The molecular formula is C10H12Cl2N2O2. The number of amidine groups is 1. The lowest BCUT2D eigenvalue weighted by Crippen LogP contribution is -2.25. The molecule has 0 saturated heterocycles. The van der Waals surface area contributed by atoms with Crippen molar-refractivity contribution in [2.24, 2.45) is 10.9 Å². The van der Waals surface area contributed by atoms with Crippen LogP contribution in [0.15, 0.2) is 23.4 Å². The minimum Gasteiger partial charge on any atom is -0.409 e. The first kappa shape index (κ1) is 13.1. The Labute approximate surface area is 104 Å². The number of ether oxygens (including phenoxy) is 1. The minimum absolute atomic E-state index is 0.0862. The van der Waals surface area contributed by atoms with E-state index in [1.807, 2.05) is 0 Å². The molecule has 0 radical (unpaired) electrons. The molecule has 1 rings (SSSR count). The van der Waals surface area contributed by atoms with Crippen LogP contribution in [0, 0.1) is 0 Å². The van der Waals surface area contributed by atoms with E-state index in [1.54, 1.807) is 25.1 Å². The normalized spacial score (nSPS) is 13.8. The van der Waals surface area contributed by atoms with Crippen LogP contribution in [0.4, 0.5) is 0 Å². The van der Waals surface area contributed by atoms with Crippen molar-refractivity contribution in [3.8, 4) is 0 Å². The van der Waals surface area contributed by atoms with E-state index >= 15 is 0 Å². The molecular weight excluding hydrogens is 251 g/mol. The highest BCUT2D eigenvalue weighted by Gasteiger charge is 2.22. The Morgan fingerprint density at radius 1 is 1.50 bits per heavy atom. The molecule has 0 bridgehead atoms. The molecule has 16 heavy (non-hydrogen) atoms. The Balaban J connectivity index is 3.20. The number of hydrogen-bond acceptors (Lipinski definition) is 3. The molecule has 0 heterocycles. The van der Waals surface area contributed by atoms with E-state index in [4.69, 9.17) is 38.9 Å². The molecule has 4 nitrogen and oxygen atoms in total. The SMILES string of the molecule is CCO[C@@H](/C(N)=N\O)c1c(Cl)cccc1Cl. The smallest absolute Gasteiger partial charge is 0.173 e. The maximum atomic E-state index is 8.67. The molecule has 6 heteroatoms. The molecule has 0 saturated carbocycles. The summed E-state index contributed by atoms with van der Waals surface area (Å²) >= 11 is 12.0. The maximum Gasteiger partial charge on any atom is 0.173 e. The van der Waals surface area contributed by atoms with E-state index in [0.717, 1.165) is 0 Å². The largest absolute Gasteiger partial charge is 0.409 e. The van der Waals surface area contributed by atoms with Gasteiger partial charge in [0, 0.05) is 22.2 Å². The summed E-state index contributed by atoms with van der Waals surface area (Å²) in [4.78, 5) is 0. The van der Waals surface area contributed by atoms with Crippen LogP contribution in [-0.4, -0.2) is 17.6 Å². The highest BCUT2D eigenvalue weighted by molar-refractivity contribution is 6.36. The van der Waals surface area contributed by atoms with Crippen molar-refractivity contribution in [2.75, 3.05) is 6.61 Å². The van der Waals surface area contributed by atoms with E-state index in [9.17, 15) is 0 Å². The highest BCUT2D eigenvalue weighted by Crippen LogP contribution is 2.32. The van der Waals surface area contributed by atoms with E-state index < -0.39 is 6.10 Å². The van der Waals surface area contributed by atoms with Gasteiger partial charge in [0.15, 0.2) is 5.84 Å². The van der Waals surface area contributed by atoms with Gasteiger partial charge in [0.25, 0.3) is 0 Å². The summed E-state index contributed by atoms with van der Waals surface area (Å²) in [6, 6.07) is 5.04. The van der Waals surface area contributed by atoms with Gasteiger partial charge in [0.05, 0.1) is 0 Å². The monoisotopic (exact) mass is 262 g/mol. The van der Waals surface area contributed by atoms with Crippen LogP contribution >= 0.6 is 23.2 Å². The Hall–Kier alpha value is -0.970. The second-order valence-corrected chi connectivity index (χ2v) is 3.81. The van der Waals surface area contributed by atoms with Gasteiger partial charge < -0.3 is 15.7 Å². The molecule has 1 atom stereocenters. The third-order valence-corrected chi connectivity index (χ3v) is 2.64. The van der Waals surface area contributed by atoms with Crippen molar-refractivity contribution < 1.29 is 9.94 Å². The molecule has 0 spiro atoms. The van der Waals surface area contributed by atoms with Gasteiger partial charge in [-0.25, -0.2) is 0 Å². The fourth-order valence-corrected chi connectivity index (χ4v) is 1.89. The molecule has 0 aliphatic rings. The third-order valence-electron chi connectivity index (χ3n) is 1.98. The van der Waals surface area contributed by atoms with Crippen LogP contribution in [0.3, 0.4) is 0 Å². The second kappa shape index (κ2) is 5.94. The van der Waals surface area contributed by atoms with E-state index in [0.29, 0.717) is 22.2 Å². The fourth-order valence-electron chi connectivity index (χ4n) is 1.30. The lowest BCUT2D eigenvalue weighted by atomic mass is 10.1. The zero-order valence-corrected chi connectivity index (χ0v) is 10.2. The van der Waals surface area contributed by atoms with E-state index in [-0.39, 0.29) is 5.84 Å². The summed E-state index contributed by atoms with van der Waals surface area (Å²) in [5.41, 5.74) is 6.03. The van der Waals surface area contributed by atoms with Crippen LogP contribution < -0.4 is 5.73 Å². The van der Waals surface area contributed by atoms with Gasteiger partial charge in [-0.2, -0.15) is 0 Å². The number of halogens is 2. The number of rotatable bonds is 4. The number of benzene rings is 1. The summed E-state index contributed by atoms with van der Waals surface area (Å²) in [7, 11) is 0. The Morgan fingerprint density at radius 3 is 2.50 bits per heavy atom. The van der Waals surface area contributed by atoms with Crippen molar-refractivity contribution in [1.29, 1.82) is 0 Å². The molecule has 1 aromatic carbocycles. The van der Waals surface area contributed by atoms with Crippen LogP contribution in [0.2, 0.25) is 10.0 Å². The molecule has 0 unspecified atom stereocenters. The van der Waals surface area contributed by atoms with Crippen LogP contribution in [-0.2, 0) is 4.74 Å². The zero-order chi connectivity index (χ0) is 12.1. The molecule has 1 aromatic rings. The molecule has 0 amide bonds. The summed E-state index contributed by atoms with van der Waals surface area (Å²) in [5, 5.41) is 12.4. The second-order valence-electron chi connectivity index (χ2n) is 3.00. The number of nitrogens with two attached hydrogens (primary N) is 1. The van der Waals surface area contributed by atoms with Gasteiger partial charge in [0.2, 0.25) is 0 Å². The van der Waals surface area contributed by atoms with E-state index in [1.165, 1.54) is 0 Å². The first-order valence-electron chi connectivity index (χ1n) is 4.64. The molecule has 0 aromatic heterocycles. The maximum absolute atomic E-state index is 8.67. The number of hydrogen-bond donors (Lipinski definition) is 2. The Kier molecular flexibility index (Phi) is 4.86. The minimum atomic E-state index is -0.740. The van der Waals surface area contributed by atoms with Gasteiger partial charge in [-0.1, -0.05) is 34.4 Å². The van der Waals surface area contributed by atoms with Gasteiger partial charge in [-0.3, -0.25) is 0 Å². The topological polar surface area (TPSA) is 67.8 Å². The van der Waals surface area contributed by atoms with Crippen LogP contribution in [0.1, 0.15) is 18.6 Å². The Morgan fingerprint density at radius 2 is 2.06 bits per heavy atom. The van der Waals surface area contributed by atoms with Crippen molar-refractivity contribution in [3.05, 3.63) is 33.8 Å². The zero-order valence-electron chi connectivity index (χ0n) is 8.65. The van der Waals surface area contributed by atoms with Gasteiger partial charge in [0.1, 0.15) is 6.10 Å². The van der Waals surface area contributed by atoms with Gasteiger partial charge >= 0.3 is 0 Å². The summed E-state index contributed by atoms with van der Waals surface area (Å²) in [6.45, 7) is 2.19. The fraction of sp³-hybridized carbons (Fsp3) is 0.300. The predicted octanol–water partition coefficient (Wildman–Crippen LogP) is 2.82. The first-order chi connectivity index (χ1) is 7.61. The average molecular weight is 263 g/mol. The lowest BCUT2D eigenvalue weighted by Gasteiger charge is -2.18. The standard InChI is InChI=1S/C10H12Cl2N2O2/c1-2-16-9(10(13)14-15)8-6(11)4-3-5-7(8)12/h3-5,9,15H,2H2,1H3,(H2,13,14)/t9-/m1/s1. The summed E-state index contributed by atoms with van der Waals surface area (Å²) < 4.78 is 5.36.